The predicted molar refractivity (Wildman–Crippen MR) is 106 cm³/mol. The molecule has 3 aromatic rings. The number of fused-ring (bicyclic) bond motifs is 1. The number of methoxy groups -OCH3 is 1. The number of carbonyl (C=O) groups is 2. The van der Waals surface area contributed by atoms with Gasteiger partial charge in [-0.2, -0.15) is 0 Å². The molecule has 1 heterocycles. The molecule has 0 saturated carbocycles. The first kappa shape index (κ1) is 18.5. The number of aromatic amines is 1. The molecule has 0 aliphatic heterocycles. The predicted octanol–water partition coefficient (Wildman–Crippen LogP) is 3.85. The summed E-state index contributed by atoms with van der Waals surface area (Å²) in [7, 11) is 1.61. The van der Waals surface area contributed by atoms with E-state index in [9.17, 15) is 9.59 Å². The monoisotopic (exact) mass is 365 g/mol. The van der Waals surface area contributed by atoms with Gasteiger partial charge in [-0.05, 0) is 42.3 Å². The number of carbonyl (C=O) groups excluding carboxylic acids is 2. The summed E-state index contributed by atoms with van der Waals surface area (Å²) in [6.45, 7) is 2.33. The topological polar surface area (TPSA) is 83.2 Å². The van der Waals surface area contributed by atoms with Crippen LogP contribution in [-0.4, -0.2) is 23.9 Å². The van der Waals surface area contributed by atoms with Crippen LogP contribution in [0.5, 0.6) is 5.75 Å². The highest BCUT2D eigenvalue weighted by Gasteiger charge is 2.10. The maximum atomic E-state index is 12.4. The van der Waals surface area contributed by atoms with Crippen molar-refractivity contribution in [3.63, 3.8) is 0 Å². The lowest BCUT2D eigenvalue weighted by Gasteiger charge is -2.08. The summed E-state index contributed by atoms with van der Waals surface area (Å²) in [5.74, 6) is 0.538. The first-order valence-electron chi connectivity index (χ1n) is 8.93. The van der Waals surface area contributed by atoms with E-state index in [1.807, 2.05) is 55.5 Å². The molecule has 27 heavy (non-hydrogen) atoms. The van der Waals surface area contributed by atoms with Gasteiger partial charge in [0, 0.05) is 35.6 Å². The molecule has 2 amide bonds. The van der Waals surface area contributed by atoms with Crippen molar-refractivity contribution in [3.05, 3.63) is 59.8 Å². The van der Waals surface area contributed by atoms with Crippen LogP contribution in [0.4, 0.5) is 5.69 Å². The largest absolute Gasteiger partial charge is 0.497 e. The lowest BCUT2D eigenvalue weighted by Crippen LogP contribution is -2.23. The van der Waals surface area contributed by atoms with Crippen LogP contribution in [0.25, 0.3) is 10.9 Å². The highest BCUT2D eigenvalue weighted by molar-refractivity contribution is 5.98. The number of rotatable bonds is 7. The molecule has 0 saturated heterocycles. The normalized spacial score (nSPS) is 10.6. The van der Waals surface area contributed by atoms with Crippen LogP contribution < -0.4 is 15.4 Å². The standard InChI is InChI=1S/C21H23N3O3/c1-3-5-20(25)23-16-7-4-6-14(10-16)13-22-21(26)19-11-15-8-9-17(27-2)12-18(15)24-19/h4,6-12,24H,3,5,13H2,1-2H3,(H,22,26)(H,23,25). The fraction of sp³-hybridized carbons (Fsp3) is 0.238. The quantitative estimate of drug-likeness (QED) is 0.595. The molecule has 3 N–H and O–H groups in total. The highest BCUT2D eigenvalue weighted by Crippen LogP contribution is 2.21. The van der Waals surface area contributed by atoms with Gasteiger partial charge in [0.05, 0.1) is 7.11 Å². The number of hydrogen-bond donors (Lipinski definition) is 3. The molecule has 6 nitrogen and oxygen atoms in total. The van der Waals surface area contributed by atoms with Crippen molar-refractivity contribution >= 4 is 28.4 Å². The van der Waals surface area contributed by atoms with Gasteiger partial charge >= 0.3 is 0 Å². The number of amides is 2. The van der Waals surface area contributed by atoms with Gasteiger partial charge in [-0.15, -0.1) is 0 Å². The Morgan fingerprint density at radius 3 is 2.74 bits per heavy atom. The Hall–Kier alpha value is -3.28. The number of ether oxygens (including phenoxy) is 1. The van der Waals surface area contributed by atoms with Crippen LogP contribution in [0.1, 0.15) is 35.8 Å². The molecule has 140 valence electrons. The maximum absolute atomic E-state index is 12.4. The van der Waals surface area contributed by atoms with Crippen molar-refractivity contribution in [2.45, 2.75) is 26.3 Å². The number of benzene rings is 2. The average Bonchev–Trinajstić information content (AvgIpc) is 3.10. The van der Waals surface area contributed by atoms with Gasteiger partial charge < -0.3 is 20.4 Å². The Morgan fingerprint density at radius 2 is 1.96 bits per heavy atom. The first-order valence-corrected chi connectivity index (χ1v) is 8.93. The first-order chi connectivity index (χ1) is 13.1. The van der Waals surface area contributed by atoms with E-state index in [1.54, 1.807) is 7.11 Å². The van der Waals surface area contributed by atoms with Crippen molar-refractivity contribution < 1.29 is 14.3 Å². The minimum atomic E-state index is -0.189. The molecule has 2 aromatic carbocycles. The number of H-pyrrole nitrogens is 1. The van der Waals surface area contributed by atoms with Crippen molar-refractivity contribution in [1.29, 1.82) is 0 Å². The van der Waals surface area contributed by atoms with E-state index in [1.165, 1.54) is 0 Å². The van der Waals surface area contributed by atoms with Gasteiger partial charge in [0.15, 0.2) is 0 Å². The summed E-state index contributed by atoms with van der Waals surface area (Å²) in [4.78, 5) is 27.3. The smallest absolute Gasteiger partial charge is 0.267 e. The van der Waals surface area contributed by atoms with E-state index in [2.05, 4.69) is 15.6 Å². The Bertz CT molecular complexity index is 962. The van der Waals surface area contributed by atoms with Crippen LogP contribution in [0.3, 0.4) is 0 Å². The fourth-order valence-electron chi connectivity index (χ4n) is 2.84. The lowest BCUT2D eigenvalue weighted by atomic mass is 10.2. The van der Waals surface area contributed by atoms with E-state index in [4.69, 9.17) is 4.74 Å². The summed E-state index contributed by atoms with van der Waals surface area (Å²) in [5.41, 5.74) is 2.99. The highest BCUT2D eigenvalue weighted by atomic mass is 16.5. The van der Waals surface area contributed by atoms with Gasteiger partial charge in [0.1, 0.15) is 11.4 Å². The SMILES string of the molecule is CCCC(=O)Nc1cccc(CNC(=O)c2cc3ccc(OC)cc3[nH]2)c1. The summed E-state index contributed by atoms with van der Waals surface area (Å²) in [6, 6.07) is 14.9. The molecular weight excluding hydrogens is 342 g/mol. The van der Waals surface area contributed by atoms with Crippen molar-refractivity contribution in [2.75, 3.05) is 12.4 Å². The number of nitrogens with one attached hydrogen (secondary N) is 3. The minimum Gasteiger partial charge on any atom is -0.497 e. The van der Waals surface area contributed by atoms with Crippen LogP contribution in [0.15, 0.2) is 48.5 Å². The van der Waals surface area contributed by atoms with E-state index >= 15 is 0 Å². The number of aromatic nitrogens is 1. The molecule has 0 fully saturated rings. The van der Waals surface area contributed by atoms with Crippen LogP contribution >= 0.6 is 0 Å². The fourth-order valence-corrected chi connectivity index (χ4v) is 2.84. The zero-order chi connectivity index (χ0) is 19.2. The molecular formula is C21H23N3O3. The summed E-state index contributed by atoms with van der Waals surface area (Å²) >= 11 is 0. The molecule has 0 radical (unpaired) electrons. The molecule has 0 aliphatic rings. The minimum absolute atomic E-state index is 0.00723. The van der Waals surface area contributed by atoms with E-state index in [0.717, 1.165) is 34.3 Å². The zero-order valence-corrected chi connectivity index (χ0v) is 15.5. The van der Waals surface area contributed by atoms with E-state index < -0.39 is 0 Å². The van der Waals surface area contributed by atoms with Gasteiger partial charge in [-0.1, -0.05) is 19.1 Å². The molecule has 3 rings (SSSR count). The molecule has 6 heteroatoms. The van der Waals surface area contributed by atoms with Gasteiger partial charge in [0.25, 0.3) is 5.91 Å². The molecule has 0 atom stereocenters. The van der Waals surface area contributed by atoms with E-state index in [0.29, 0.717) is 18.7 Å². The zero-order valence-electron chi connectivity index (χ0n) is 15.5. The Kier molecular flexibility index (Phi) is 5.76. The lowest BCUT2D eigenvalue weighted by molar-refractivity contribution is -0.116. The maximum Gasteiger partial charge on any atom is 0.267 e. The van der Waals surface area contributed by atoms with E-state index in [-0.39, 0.29) is 11.8 Å². The molecule has 0 spiro atoms. The number of anilines is 1. The van der Waals surface area contributed by atoms with Crippen LogP contribution in [0.2, 0.25) is 0 Å². The van der Waals surface area contributed by atoms with Gasteiger partial charge in [-0.25, -0.2) is 0 Å². The van der Waals surface area contributed by atoms with Crippen molar-refractivity contribution in [2.24, 2.45) is 0 Å². The summed E-state index contributed by atoms with van der Waals surface area (Å²) in [6.07, 6.45) is 1.30. The second kappa shape index (κ2) is 8.40. The Morgan fingerprint density at radius 1 is 1.11 bits per heavy atom. The third-order valence-corrected chi connectivity index (χ3v) is 4.22. The Labute approximate surface area is 157 Å². The number of hydrogen-bond acceptors (Lipinski definition) is 3. The Balaban J connectivity index is 1.64. The molecule has 0 aliphatic carbocycles. The van der Waals surface area contributed by atoms with Crippen LogP contribution in [-0.2, 0) is 11.3 Å². The molecule has 0 bridgehead atoms. The molecule has 0 unspecified atom stereocenters. The summed E-state index contributed by atoms with van der Waals surface area (Å²) < 4.78 is 5.20. The van der Waals surface area contributed by atoms with Gasteiger partial charge in [0.2, 0.25) is 5.91 Å². The van der Waals surface area contributed by atoms with Crippen molar-refractivity contribution in [3.8, 4) is 5.75 Å². The second-order valence-electron chi connectivity index (χ2n) is 6.32. The van der Waals surface area contributed by atoms with Gasteiger partial charge in [-0.3, -0.25) is 9.59 Å². The van der Waals surface area contributed by atoms with Crippen LogP contribution in [0, 0.1) is 0 Å². The third-order valence-electron chi connectivity index (χ3n) is 4.22. The second-order valence-corrected chi connectivity index (χ2v) is 6.32. The third kappa shape index (κ3) is 4.67. The summed E-state index contributed by atoms with van der Waals surface area (Å²) in [5, 5.41) is 6.70. The van der Waals surface area contributed by atoms with Crippen molar-refractivity contribution in [1.82, 2.24) is 10.3 Å². The molecule has 1 aromatic heterocycles. The average molecular weight is 365 g/mol.